The first kappa shape index (κ1) is 24.4. The summed E-state index contributed by atoms with van der Waals surface area (Å²) in [5.74, 6) is 3.35. The molecule has 2 aliphatic carbocycles. The maximum Gasteiger partial charge on any atom is 3.00 e. The van der Waals surface area contributed by atoms with E-state index in [1.54, 1.807) is 13.0 Å². The number of halogens is 1. The van der Waals surface area contributed by atoms with E-state index in [9.17, 15) is 4.39 Å². The van der Waals surface area contributed by atoms with E-state index in [4.69, 9.17) is 0 Å². The first-order valence-corrected chi connectivity index (χ1v) is 11.4. The van der Waals surface area contributed by atoms with E-state index in [1.165, 1.54) is 82.6 Å². The van der Waals surface area contributed by atoms with Crippen molar-refractivity contribution < 1.29 is 40.0 Å². The van der Waals surface area contributed by atoms with E-state index in [0.717, 1.165) is 17.8 Å². The quantitative estimate of drug-likeness (QED) is 0.258. The van der Waals surface area contributed by atoms with Crippen LogP contribution in [0.4, 0.5) is 4.39 Å². The Labute approximate surface area is 200 Å². The average molecular weight is 508 g/mol. The van der Waals surface area contributed by atoms with Gasteiger partial charge in [0.2, 0.25) is 0 Å². The zero-order valence-corrected chi connectivity index (χ0v) is 21.7. The van der Waals surface area contributed by atoms with Crippen LogP contribution in [0, 0.1) is 72.2 Å². The van der Waals surface area contributed by atoms with E-state index >= 15 is 0 Å². The molecular formula is C26H38FLa+2. The topological polar surface area (TPSA) is 0 Å². The van der Waals surface area contributed by atoms with Crippen molar-refractivity contribution >= 4 is 0 Å². The maximum atomic E-state index is 13.8. The van der Waals surface area contributed by atoms with Crippen LogP contribution in [0.2, 0.25) is 0 Å². The Bertz CT molecular complexity index is 592. The van der Waals surface area contributed by atoms with Crippen LogP contribution in [0.25, 0.3) is 0 Å². The van der Waals surface area contributed by atoms with E-state index < -0.39 is 0 Å². The summed E-state index contributed by atoms with van der Waals surface area (Å²) in [5.41, 5.74) is 1.82. The largest absolute Gasteiger partial charge is 3.00 e. The molecule has 0 atom stereocenters. The summed E-state index contributed by atoms with van der Waals surface area (Å²) < 4.78 is 13.8. The molecular weight excluding hydrogens is 470 g/mol. The molecule has 2 heteroatoms. The van der Waals surface area contributed by atoms with Gasteiger partial charge in [0.25, 0.3) is 0 Å². The Hall–Kier alpha value is 0.0848. The van der Waals surface area contributed by atoms with Gasteiger partial charge in [0, 0.05) is 5.82 Å². The summed E-state index contributed by atoms with van der Waals surface area (Å²) in [6.07, 6.45) is 21.1. The first-order valence-electron chi connectivity index (χ1n) is 11.4. The van der Waals surface area contributed by atoms with Gasteiger partial charge in [0.05, 0.1) is 0 Å². The maximum absolute atomic E-state index is 13.8. The third-order valence-electron chi connectivity index (χ3n) is 7.35. The van der Waals surface area contributed by atoms with Crippen LogP contribution in [-0.4, -0.2) is 0 Å². The van der Waals surface area contributed by atoms with Gasteiger partial charge in [-0.15, -0.1) is 11.6 Å². The predicted octanol–water partition coefficient (Wildman–Crippen LogP) is 8.15. The van der Waals surface area contributed by atoms with Gasteiger partial charge in [0.15, 0.2) is 0 Å². The van der Waals surface area contributed by atoms with E-state index in [1.807, 2.05) is 6.07 Å². The molecule has 0 saturated heterocycles. The van der Waals surface area contributed by atoms with Gasteiger partial charge in [0.1, 0.15) is 0 Å². The Morgan fingerprint density at radius 1 is 0.929 bits per heavy atom. The molecule has 0 aliphatic heterocycles. The zero-order valence-electron chi connectivity index (χ0n) is 18.1. The van der Waals surface area contributed by atoms with Gasteiger partial charge in [-0.3, -0.25) is 4.39 Å². The van der Waals surface area contributed by atoms with Gasteiger partial charge < -0.3 is 0 Å². The third kappa shape index (κ3) is 7.40. The molecule has 28 heavy (non-hydrogen) atoms. The van der Waals surface area contributed by atoms with Crippen LogP contribution >= 0.6 is 0 Å². The zero-order chi connectivity index (χ0) is 19.1. The molecule has 0 amide bonds. The second-order valence-electron chi connectivity index (χ2n) is 9.23. The summed E-state index contributed by atoms with van der Waals surface area (Å²) in [5, 5.41) is 0. The smallest absolute Gasteiger partial charge is 0.284 e. The van der Waals surface area contributed by atoms with Crippen molar-refractivity contribution in [2.75, 3.05) is 0 Å². The summed E-state index contributed by atoms with van der Waals surface area (Å²) in [7, 11) is 0. The fourth-order valence-electron chi connectivity index (χ4n) is 5.36. The summed E-state index contributed by atoms with van der Waals surface area (Å²) in [4.78, 5) is 0. The molecule has 0 spiro atoms. The molecule has 2 saturated carbocycles. The molecule has 0 N–H and O–H groups in total. The monoisotopic (exact) mass is 508 g/mol. The molecule has 2 fully saturated rings. The van der Waals surface area contributed by atoms with Crippen LogP contribution in [-0.2, 0) is 0 Å². The van der Waals surface area contributed by atoms with Crippen LogP contribution < -0.4 is 0 Å². The van der Waals surface area contributed by atoms with Gasteiger partial charge in [-0.2, -0.15) is 17.7 Å². The molecule has 0 radical (unpaired) electrons. The number of aryl methyl sites for hydroxylation is 1. The predicted molar refractivity (Wildman–Crippen MR) is 113 cm³/mol. The van der Waals surface area contributed by atoms with Crippen molar-refractivity contribution in [2.24, 2.45) is 17.8 Å². The minimum Gasteiger partial charge on any atom is -0.284 e. The first-order chi connectivity index (χ1) is 13.2. The number of benzene rings is 1. The molecule has 0 unspecified atom stereocenters. The molecule has 0 nitrogen and oxygen atoms in total. The van der Waals surface area contributed by atoms with Gasteiger partial charge in [-0.25, -0.2) is 0 Å². The number of hydrogen-bond donors (Lipinski definition) is 0. The standard InChI is InChI=1S/C26H38F.La/c1-3-4-5-6-21-8-10-22(11-9-21)12-13-23-14-17-24(18-15-23)25-16-7-20(2)26(27)19-25;/h3-4,16,19,21-24H,5-6,8-15,17-18H2,1-2H3;/q-1;+3/b4-3+;. The number of rotatable bonds is 7. The van der Waals surface area contributed by atoms with Crippen molar-refractivity contribution in [2.45, 2.75) is 96.8 Å². The fraction of sp³-hybridized carbons (Fsp3) is 0.692. The number of hydrogen-bond acceptors (Lipinski definition) is 0. The van der Waals surface area contributed by atoms with E-state index in [2.05, 4.69) is 25.1 Å². The molecule has 1 aromatic carbocycles. The Kier molecular flexibility index (Phi) is 11.1. The Balaban J connectivity index is 0.00000280. The number of allylic oxidation sites excluding steroid dienone is 2. The second kappa shape index (κ2) is 12.7. The van der Waals surface area contributed by atoms with Crippen molar-refractivity contribution in [3.63, 3.8) is 0 Å². The van der Waals surface area contributed by atoms with Crippen molar-refractivity contribution in [3.05, 3.63) is 47.3 Å². The molecule has 0 bridgehead atoms. The Morgan fingerprint density at radius 3 is 2.00 bits per heavy atom. The third-order valence-corrected chi connectivity index (χ3v) is 7.35. The van der Waals surface area contributed by atoms with Crippen molar-refractivity contribution in [1.82, 2.24) is 0 Å². The summed E-state index contributed by atoms with van der Waals surface area (Å²) in [6, 6.07) is 6.87. The second-order valence-corrected chi connectivity index (χ2v) is 9.23. The molecule has 0 aromatic heterocycles. The molecule has 3 rings (SSSR count). The van der Waals surface area contributed by atoms with Gasteiger partial charge in [-0.05, 0) is 37.5 Å². The minimum atomic E-state index is -0.0871. The van der Waals surface area contributed by atoms with Gasteiger partial charge in [-0.1, -0.05) is 89.2 Å². The van der Waals surface area contributed by atoms with Gasteiger partial charge >= 0.3 is 35.6 Å². The van der Waals surface area contributed by atoms with Crippen LogP contribution in [0.15, 0.2) is 24.3 Å². The van der Waals surface area contributed by atoms with Crippen LogP contribution in [0.5, 0.6) is 0 Å². The Morgan fingerprint density at radius 2 is 1.46 bits per heavy atom. The molecule has 2 aliphatic rings. The minimum absolute atomic E-state index is 0. The fourth-order valence-corrected chi connectivity index (χ4v) is 5.36. The molecule has 150 valence electrons. The normalized spacial score (nSPS) is 28.2. The SMILES string of the molecule is C/C=C/CCC1CCC(CCC2CCC(c3c[c-]c(C)c(F)c3)CC2)CC1.[La+3]. The van der Waals surface area contributed by atoms with Crippen LogP contribution in [0.3, 0.4) is 0 Å². The molecule has 0 heterocycles. The molecule has 1 aromatic rings. The average Bonchev–Trinajstić information content (AvgIpc) is 2.70. The van der Waals surface area contributed by atoms with Crippen LogP contribution in [0.1, 0.15) is 101 Å². The summed E-state index contributed by atoms with van der Waals surface area (Å²) in [6.45, 7) is 3.92. The van der Waals surface area contributed by atoms with Crippen molar-refractivity contribution in [3.8, 4) is 0 Å². The van der Waals surface area contributed by atoms with E-state index in [-0.39, 0.29) is 41.4 Å². The van der Waals surface area contributed by atoms with Crippen molar-refractivity contribution in [1.29, 1.82) is 0 Å². The summed E-state index contributed by atoms with van der Waals surface area (Å²) >= 11 is 0. The van der Waals surface area contributed by atoms with E-state index in [0.29, 0.717) is 11.5 Å².